The fourth-order valence-electron chi connectivity index (χ4n) is 1.33. The molecule has 0 aliphatic rings. The highest BCUT2D eigenvalue weighted by Gasteiger charge is 2.08. The average Bonchev–Trinajstić information content (AvgIpc) is 2.76. The average molecular weight is 302 g/mol. The molecule has 0 aliphatic heterocycles. The van der Waals surface area contributed by atoms with E-state index in [1.165, 1.54) is 11.5 Å². The highest BCUT2D eigenvalue weighted by molar-refractivity contribution is 7.98. The molecule has 2 aromatic rings. The molecule has 1 heterocycles. The van der Waals surface area contributed by atoms with E-state index in [2.05, 4.69) is 9.59 Å². The van der Waals surface area contributed by atoms with Crippen LogP contribution in [0.5, 0.6) is 5.75 Å². The van der Waals surface area contributed by atoms with Gasteiger partial charge in [0.25, 0.3) is 0 Å². The summed E-state index contributed by atoms with van der Waals surface area (Å²) < 4.78 is 9.86. The third kappa shape index (κ3) is 3.28. The third-order valence-electron chi connectivity index (χ3n) is 2.17. The number of halogens is 1. The summed E-state index contributed by atoms with van der Waals surface area (Å²) in [4.78, 5) is 0.963. The fraction of sp³-hybridized carbons (Fsp3) is 0.273. The number of rotatable bonds is 5. The SMILES string of the molecule is CCOc1ccc(N)c(SCc2nnsc2Cl)c1. The summed E-state index contributed by atoms with van der Waals surface area (Å²) in [6.45, 7) is 2.58. The van der Waals surface area contributed by atoms with Gasteiger partial charge in [0.15, 0.2) is 0 Å². The number of nitrogen functional groups attached to an aromatic ring is 1. The molecule has 2 N–H and O–H groups in total. The van der Waals surface area contributed by atoms with Gasteiger partial charge in [0.05, 0.1) is 6.61 Å². The molecule has 0 aliphatic carbocycles. The van der Waals surface area contributed by atoms with E-state index >= 15 is 0 Å². The Hall–Kier alpha value is -0.980. The van der Waals surface area contributed by atoms with Gasteiger partial charge in [-0.25, -0.2) is 0 Å². The first-order valence-corrected chi connectivity index (χ1v) is 7.46. The molecule has 0 unspecified atom stereocenters. The minimum absolute atomic E-state index is 0.627. The lowest BCUT2D eigenvalue weighted by atomic mass is 10.3. The second-order valence-electron chi connectivity index (χ2n) is 3.41. The van der Waals surface area contributed by atoms with E-state index in [0.29, 0.717) is 16.7 Å². The molecule has 1 aromatic heterocycles. The Morgan fingerprint density at radius 3 is 3.00 bits per heavy atom. The fourth-order valence-corrected chi connectivity index (χ4v) is 3.05. The van der Waals surface area contributed by atoms with Gasteiger partial charge in [-0.2, -0.15) is 0 Å². The standard InChI is InChI=1S/C11H12ClN3OS2/c1-2-16-7-3-4-8(13)10(5-7)17-6-9-11(12)18-15-14-9/h3-5H,2,6,13H2,1H3. The number of hydrogen-bond acceptors (Lipinski definition) is 6. The number of hydrogen-bond donors (Lipinski definition) is 1. The predicted molar refractivity (Wildman–Crippen MR) is 76.5 cm³/mol. The third-order valence-corrected chi connectivity index (χ3v) is 4.24. The van der Waals surface area contributed by atoms with Crippen LogP contribution in [0.3, 0.4) is 0 Å². The van der Waals surface area contributed by atoms with Crippen molar-refractivity contribution in [3.8, 4) is 5.75 Å². The van der Waals surface area contributed by atoms with Gasteiger partial charge in [-0.1, -0.05) is 16.1 Å². The Kier molecular flexibility index (Phi) is 4.68. The summed E-state index contributed by atoms with van der Waals surface area (Å²) in [6, 6.07) is 5.63. The molecule has 0 radical (unpaired) electrons. The van der Waals surface area contributed by atoms with E-state index in [1.807, 2.05) is 25.1 Å². The molecule has 1 aromatic carbocycles. The van der Waals surface area contributed by atoms with Gasteiger partial charge in [0.1, 0.15) is 15.8 Å². The number of ether oxygens (including phenoxy) is 1. The van der Waals surface area contributed by atoms with Crippen molar-refractivity contribution in [2.75, 3.05) is 12.3 Å². The Morgan fingerprint density at radius 2 is 2.33 bits per heavy atom. The lowest BCUT2D eigenvalue weighted by molar-refractivity contribution is 0.339. The van der Waals surface area contributed by atoms with Gasteiger partial charge < -0.3 is 10.5 Å². The topological polar surface area (TPSA) is 61.0 Å². The van der Waals surface area contributed by atoms with Gasteiger partial charge in [0.2, 0.25) is 0 Å². The van der Waals surface area contributed by atoms with Crippen molar-refractivity contribution in [1.29, 1.82) is 0 Å². The van der Waals surface area contributed by atoms with Crippen molar-refractivity contribution in [3.05, 3.63) is 28.2 Å². The maximum atomic E-state index is 5.95. The van der Waals surface area contributed by atoms with Crippen LogP contribution in [0.15, 0.2) is 23.1 Å². The van der Waals surface area contributed by atoms with Crippen LogP contribution in [0.4, 0.5) is 5.69 Å². The summed E-state index contributed by atoms with van der Waals surface area (Å²) in [5.41, 5.74) is 7.43. The lowest BCUT2D eigenvalue weighted by Crippen LogP contribution is -1.94. The maximum absolute atomic E-state index is 5.95. The number of benzene rings is 1. The van der Waals surface area contributed by atoms with Crippen LogP contribution in [0.2, 0.25) is 4.34 Å². The van der Waals surface area contributed by atoms with E-state index in [-0.39, 0.29) is 0 Å². The number of nitrogens with two attached hydrogens (primary N) is 1. The van der Waals surface area contributed by atoms with Gasteiger partial charge in [-0.15, -0.1) is 16.9 Å². The van der Waals surface area contributed by atoms with Gasteiger partial charge in [0, 0.05) is 27.9 Å². The van der Waals surface area contributed by atoms with Crippen molar-refractivity contribution in [2.45, 2.75) is 17.6 Å². The molecule has 0 atom stereocenters. The largest absolute Gasteiger partial charge is 0.494 e. The highest BCUT2D eigenvalue weighted by atomic mass is 35.5. The Balaban J connectivity index is 2.08. The van der Waals surface area contributed by atoms with Crippen molar-refractivity contribution < 1.29 is 4.74 Å². The van der Waals surface area contributed by atoms with Crippen LogP contribution < -0.4 is 10.5 Å². The molecule has 0 spiro atoms. The minimum atomic E-state index is 0.627. The minimum Gasteiger partial charge on any atom is -0.494 e. The second-order valence-corrected chi connectivity index (χ2v) is 5.79. The zero-order valence-electron chi connectivity index (χ0n) is 9.72. The number of anilines is 1. The van der Waals surface area contributed by atoms with Crippen molar-refractivity contribution in [2.24, 2.45) is 0 Å². The summed E-state index contributed by atoms with van der Waals surface area (Å²) in [5.74, 6) is 1.46. The lowest BCUT2D eigenvalue weighted by Gasteiger charge is -2.08. The molecule has 18 heavy (non-hydrogen) atoms. The van der Waals surface area contributed by atoms with Crippen LogP contribution in [-0.4, -0.2) is 16.2 Å². The maximum Gasteiger partial charge on any atom is 0.138 e. The van der Waals surface area contributed by atoms with Crippen LogP contribution in [0, 0.1) is 0 Å². The van der Waals surface area contributed by atoms with E-state index in [0.717, 1.165) is 22.0 Å². The monoisotopic (exact) mass is 301 g/mol. The van der Waals surface area contributed by atoms with Crippen molar-refractivity contribution in [3.63, 3.8) is 0 Å². The molecule has 96 valence electrons. The summed E-state index contributed by atoms with van der Waals surface area (Å²) in [7, 11) is 0. The van der Waals surface area contributed by atoms with Crippen molar-refractivity contribution >= 4 is 40.6 Å². The first-order valence-electron chi connectivity index (χ1n) is 5.32. The van der Waals surface area contributed by atoms with Crippen LogP contribution in [0.25, 0.3) is 0 Å². The van der Waals surface area contributed by atoms with E-state index in [1.54, 1.807) is 11.8 Å². The molecule has 0 fully saturated rings. The molecule has 2 rings (SSSR count). The first kappa shape index (κ1) is 13.5. The Labute approximate surface area is 119 Å². The second kappa shape index (κ2) is 6.26. The molecule has 0 saturated heterocycles. The van der Waals surface area contributed by atoms with Crippen LogP contribution >= 0.6 is 34.9 Å². The molecular formula is C11H12ClN3OS2. The molecular weight excluding hydrogens is 290 g/mol. The zero-order valence-corrected chi connectivity index (χ0v) is 12.1. The summed E-state index contributed by atoms with van der Waals surface area (Å²) in [6.07, 6.45) is 0. The predicted octanol–water partition coefficient (Wildman–Crippen LogP) is 3.46. The Bertz CT molecular complexity index is 533. The van der Waals surface area contributed by atoms with Crippen LogP contribution in [0.1, 0.15) is 12.6 Å². The molecule has 0 bridgehead atoms. The highest BCUT2D eigenvalue weighted by Crippen LogP contribution is 2.33. The molecule has 0 amide bonds. The summed E-state index contributed by atoms with van der Waals surface area (Å²) >= 11 is 8.71. The van der Waals surface area contributed by atoms with Gasteiger partial charge in [-0.05, 0) is 25.1 Å². The normalized spacial score (nSPS) is 10.6. The smallest absolute Gasteiger partial charge is 0.138 e. The molecule has 7 heteroatoms. The van der Waals surface area contributed by atoms with Crippen LogP contribution in [-0.2, 0) is 5.75 Å². The molecule has 4 nitrogen and oxygen atoms in total. The summed E-state index contributed by atoms with van der Waals surface area (Å²) in [5, 5.41) is 3.96. The van der Waals surface area contributed by atoms with Gasteiger partial charge in [-0.3, -0.25) is 0 Å². The van der Waals surface area contributed by atoms with Gasteiger partial charge >= 0.3 is 0 Å². The molecule has 0 saturated carbocycles. The Morgan fingerprint density at radius 1 is 1.50 bits per heavy atom. The van der Waals surface area contributed by atoms with E-state index in [9.17, 15) is 0 Å². The number of aromatic nitrogens is 2. The van der Waals surface area contributed by atoms with E-state index < -0.39 is 0 Å². The number of nitrogens with zero attached hydrogens (tertiary/aromatic N) is 2. The quantitative estimate of drug-likeness (QED) is 0.677. The zero-order chi connectivity index (χ0) is 13.0. The van der Waals surface area contributed by atoms with Crippen molar-refractivity contribution in [1.82, 2.24) is 9.59 Å². The first-order chi connectivity index (χ1) is 8.70. The van der Waals surface area contributed by atoms with E-state index in [4.69, 9.17) is 22.1 Å². The number of thioether (sulfide) groups is 1.